The predicted octanol–water partition coefficient (Wildman–Crippen LogP) is 0.475. The van der Waals surface area contributed by atoms with Crippen LogP contribution in [0.25, 0.3) is 0 Å². The van der Waals surface area contributed by atoms with E-state index in [4.69, 9.17) is 4.18 Å². The summed E-state index contributed by atoms with van der Waals surface area (Å²) >= 11 is 1.01. The molecule has 1 fully saturated rings. The summed E-state index contributed by atoms with van der Waals surface area (Å²) in [6, 6.07) is 0. The van der Waals surface area contributed by atoms with E-state index in [2.05, 4.69) is 4.72 Å². The fraction of sp³-hybridized carbons (Fsp3) is 0.750. The molecule has 46 valence electrons. The molecule has 1 atom stereocenters. The number of hydrogen-bond acceptors (Lipinski definition) is 3. The fourth-order valence-electron chi connectivity index (χ4n) is 0.489. The highest BCUT2D eigenvalue weighted by Gasteiger charge is 2.15. The Morgan fingerprint density at radius 3 is 3.12 bits per heavy atom. The summed E-state index contributed by atoms with van der Waals surface area (Å²) in [7, 11) is 0. The SMILES string of the molecule is CC1CC(=O)NSO1. The summed E-state index contributed by atoms with van der Waals surface area (Å²) in [5.41, 5.74) is 0. The fourth-order valence-corrected chi connectivity index (χ4v) is 0.946. The molecule has 1 saturated heterocycles. The molecule has 0 aromatic rings. The molecular weight excluding hydrogens is 126 g/mol. The number of carbonyl (C=O) groups is 1. The van der Waals surface area contributed by atoms with Crippen molar-refractivity contribution in [2.24, 2.45) is 0 Å². The Labute approximate surface area is 52.1 Å². The minimum Gasteiger partial charge on any atom is -0.293 e. The second-order valence-electron chi connectivity index (χ2n) is 1.72. The van der Waals surface area contributed by atoms with Gasteiger partial charge in [0.15, 0.2) is 0 Å². The zero-order valence-electron chi connectivity index (χ0n) is 4.51. The van der Waals surface area contributed by atoms with Crippen LogP contribution in [-0.4, -0.2) is 12.0 Å². The lowest BCUT2D eigenvalue weighted by molar-refractivity contribution is -0.121. The molecule has 1 heterocycles. The summed E-state index contributed by atoms with van der Waals surface area (Å²) in [6.07, 6.45) is 0.543. The molecule has 0 radical (unpaired) electrons. The van der Waals surface area contributed by atoms with Crippen LogP contribution in [0.5, 0.6) is 0 Å². The Morgan fingerprint density at radius 1 is 2.00 bits per heavy atom. The first-order chi connectivity index (χ1) is 3.79. The molecule has 1 rings (SSSR count). The first-order valence-corrected chi connectivity index (χ1v) is 3.14. The summed E-state index contributed by atoms with van der Waals surface area (Å²) in [6.45, 7) is 1.87. The zero-order valence-corrected chi connectivity index (χ0v) is 5.33. The van der Waals surface area contributed by atoms with Crippen molar-refractivity contribution in [1.82, 2.24) is 4.72 Å². The molecule has 0 aromatic heterocycles. The molecule has 0 bridgehead atoms. The van der Waals surface area contributed by atoms with E-state index in [0.717, 1.165) is 12.2 Å². The quantitative estimate of drug-likeness (QED) is 0.385. The van der Waals surface area contributed by atoms with E-state index in [1.165, 1.54) is 0 Å². The van der Waals surface area contributed by atoms with E-state index in [0.29, 0.717) is 6.42 Å². The molecule has 0 saturated carbocycles. The van der Waals surface area contributed by atoms with Gasteiger partial charge in [0.05, 0.1) is 12.5 Å². The Kier molecular flexibility index (Phi) is 1.75. The Morgan fingerprint density at radius 2 is 2.75 bits per heavy atom. The van der Waals surface area contributed by atoms with Crippen molar-refractivity contribution < 1.29 is 8.98 Å². The van der Waals surface area contributed by atoms with Crippen LogP contribution >= 0.6 is 12.2 Å². The Hall–Kier alpha value is -0.220. The maximum atomic E-state index is 10.5. The minimum absolute atomic E-state index is 0.0498. The number of amides is 1. The van der Waals surface area contributed by atoms with Crippen molar-refractivity contribution in [3.8, 4) is 0 Å². The third kappa shape index (κ3) is 1.38. The minimum atomic E-state index is 0.0498. The van der Waals surface area contributed by atoms with Gasteiger partial charge in [-0.05, 0) is 6.92 Å². The number of hydrogen-bond donors (Lipinski definition) is 1. The standard InChI is InChI=1S/C4H7NO2S/c1-3-2-4(6)5-8-7-3/h3H,2H2,1H3,(H,5,6). The normalized spacial score (nSPS) is 29.6. The van der Waals surface area contributed by atoms with Gasteiger partial charge in [0.25, 0.3) is 0 Å². The zero-order chi connectivity index (χ0) is 5.98. The van der Waals surface area contributed by atoms with Gasteiger partial charge in [-0.1, -0.05) is 0 Å². The van der Waals surface area contributed by atoms with E-state index >= 15 is 0 Å². The van der Waals surface area contributed by atoms with Gasteiger partial charge < -0.3 is 0 Å². The Balaban J connectivity index is 2.34. The van der Waals surface area contributed by atoms with Crippen LogP contribution in [0.2, 0.25) is 0 Å². The lowest BCUT2D eigenvalue weighted by Crippen LogP contribution is -2.27. The van der Waals surface area contributed by atoms with Gasteiger partial charge in [0, 0.05) is 0 Å². The van der Waals surface area contributed by atoms with E-state index in [9.17, 15) is 4.79 Å². The second kappa shape index (κ2) is 2.37. The average molecular weight is 133 g/mol. The highest BCUT2D eigenvalue weighted by Crippen LogP contribution is 2.12. The van der Waals surface area contributed by atoms with E-state index < -0.39 is 0 Å². The lowest BCUT2D eigenvalue weighted by atomic mass is 10.3. The van der Waals surface area contributed by atoms with Gasteiger partial charge in [-0.3, -0.25) is 13.7 Å². The number of carbonyl (C=O) groups excluding carboxylic acids is 1. The molecule has 0 spiro atoms. The molecule has 0 aliphatic carbocycles. The van der Waals surface area contributed by atoms with Crippen molar-refractivity contribution in [2.45, 2.75) is 19.4 Å². The van der Waals surface area contributed by atoms with Crippen LogP contribution in [0.4, 0.5) is 0 Å². The van der Waals surface area contributed by atoms with Crippen LogP contribution in [0.3, 0.4) is 0 Å². The molecule has 0 aromatic carbocycles. The molecule has 1 unspecified atom stereocenters. The third-order valence-corrected chi connectivity index (χ3v) is 1.58. The van der Waals surface area contributed by atoms with E-state index in [-0.39, 0.29) is 12.0 Å². The van der Waals surface area contributed by atoms with Gasteiger partial charge >= 0.3 is 0 Å². The van der Waals surface area contributed by atoms with Crippen molar-refractivity contribution in [1.29, 1.82) is 0 Å². The second-order valence-corrected chi connectivity index (χ2v) is 2.28. The van der Waals surface area contributed by atoms with Gasteiger partial charge in [0.2, 0.25) is 5.91 Å². The van der Waals surface area contributed by atoms with E-state index in [1.807, 2.05) is 6.92 Å². The number of nitrogens with one attached hydrogen (secondary N) is 1. The summed E-state index contributed by atoms with van der Waals surface area (Å²) in [4.78, 5) is 10.5. The summed E-state index contributed by atoms with van der Waals surface area (Å²) < 4.78 is 7.40. The lowest BCUT2D eigenvalue weighted by Gasteiger charge is -2.15. The monoisotopic (exact) mass is 133 g/mol. The molecule has 1 aliphatic heterocycles. The van der Waals surface area contributed by atoms with Crippen LogP contribution in [0.1, 0.15) is 13.3 Å². The molecule has 4 heteroatoms. The number of rotatable bonds is 0. The van der Waals surface area contributed by atoms with Gasteiger partial charge in [0.1, 0.15) is 12.2 Å². The molecule has 3 nitrogen and oxygen atoms in total. The third-order valence-electron chi connectivity index (χ3n) is 0.841. The van der Waals surface area contributed by atoms with Crippen molar-refractivity contribution in [3.63, 3.8) is 0 Å². The average Bonchev–Trinajstić information content (AvgIpc) is 1.64. The van der Waals surface area contributed by atoms with Gasteiger partial charge in [-0.2, -0.15) is 0 Å². The topological polar surface area (TPSA) is 38.3 Å². The molecular formula is C4H7NO2S. The maximum absolute atomic E-state index is 10.5. The van der Waals surface area contributed by atoms with Crippen LogP contribution in [0.15, 0.2) is 0 Å². The summed E-state index contributed by atoms with van der Waals surface area (Å²) in [5.74, 6) is 0.0498. The van der Waals surface area contributed by atoms with Crippen molar-refractivity contribution >= 4 is 18.1 Å². The van der Waals surface area contributed by atoms with Gasteiger partial charge in [-0.15, -0.1) is 0 Å². The van der Waals surface area contributed by atoms with E-state index in [1.54, 1.807) is 0 Å². The first-order valence-electron chi connectivity index (χ1n) is 2.40. The predicted molar refractivity (Wildman–Crippen MR) is 30.9 cm³/mol. The van der Waals surface area contributed by atoms with Crippen LogP contribution < -0.4 is 4.72 Å². The largest absolute Gasteiger partial charge is 0.293 e. The summed E-state index contributed by atoms with van der Waals surface area (Å²) in [5, 5.41) is 0. The first kappa shape index (κ1) is 5.91. The maximum Gasteiger partial charge on any atom is 0.234 e. The molecule has 1 aliphatic rings. The molecule has 1 N–H and O–H groups in total. The van der Waals surface area contributed by atoms with Crippen molar-refractivity contribution in [3.05, 3.63) is 0 Å². The van der Waals surface area contributed by atoms with Gasteiger partial charge in [-0.25, -0.2) is 0 Å². The van der Waals surface area contributed by atoms with Crippen LogP contribution in [0, 0.1) is 0 Å². The Bertz CT molecular complexity index is 106. The molecule has 1 amide bonds. The highest BCUT2D eigenvalue weighted by atomic mass is 32.2. The van der Waals surface area contributed by atoms with Crippen LogP contribution in [-0.2, 0) is 8.98 Å². The highest BCUT2D eigenvalue weighted by molar-refractivity contribution is 7.93. The van der Waals surface area contributed by atoms with Crippen molar-refractivity contribution in [2.75, 3.05) is 0 Å². The molecule has 8 heavy (non-hydrogen) atoms. The smallest absolute Gasteiger partial charge is 0.234 e.